The van der Waals surface area contributed by atoms with Crippen LogP contribution in [0, 0.1) is 0 Å². The van der Waals surface area contributed by atoms with Gasteiger partial charge in [-0.1, -0.05) is 54.6 Å². The van der Waals surface area contributed by atoms with E-state index in [4.69, 9.17) is 0 Å². The van der Waals surface area contributed by atoms with E-state index in [0.29, 0.717) is 10.4 Å². The van der Waals surface area contributed by atoms with Crippen molar-refractivity contribution >= 4 is 38.1 Å². The van der Waals surface area contributed by atoms with Gasteiger partial charge in [0.2, 0.25) is 10.0 Å². The quantitative estimate of drug-likeness (QED) is 0.245. The molecule has 0 saturated heterocycles. The molecule has 1 aromatic heterocycles. The molecule has 4 rings (SSSR count). The highest BCUT2D eigenvalue weighted by Gasteiger charge is 2.25. The van der Waals surface area contributed by atoms with E-state index in [9.17, 15) is 23.4 Å². The third-order valence-electron chi connectivity index (χ3n) is 6.39. The molecule has 3 N–H and O–H groups in total. The second kappa shape index (κ2) is 11.3. The van der Waals surface area contributed by atoms with Crippen LogP contribution < -0.4 is 5.32 Å². The fraction of sp³-hybridized carbons (Fsp3) is 0.276. The molecule has 1 heterocycles. The van der Waals surface area contributed by atoms with Gasteiger partial charge in [-0.25, -0.2) is 13.2 Å². The van der Waals surface area contributed by atoms with E-state index in [1.54, 1.807) is 18.2 Å². The molecule has 9 heteroatoms. The van der Waals surface area contributed by atoms with E-state index >= 15 is 0 Å². The van der Waals surface area contributed by atoms with Crippen molar-refractivity contribution in [3.8, 4) is 10.4 Å². The van der Waals surface area contributed by atoms with Crippen molar-refractivity contribution in [1.29, 1.82) is 0 Å². The minimum absolute atomic E-state index is 0.0756. The number of aromatic carboxylic acids is 1. The molecule has 0 aliphatic heterocycles. The number of carbonyl (C=O) groups is 1. The number of hydrogen-bond acceptors (Lipinski definition) is 6. The highest BCUT2D eigenvalue weighted by molar-refractivity contribution is 7.89. The molecule has 0 saturated carbocycles. The van der Waals surface area contributed by atoms with Crippen molar-refractivity contribution < 1.29 is 23.4 Å². The summed E-state index contributed by atoms with van der Waals surface area (Å²) in [5.41, 5.74) is 1.48. The van der Waals surface area contributed by atoms with Crippen LogP contribution >= 0.6 is 11.3 Å². The normalized spacial score (nSPS) is 13.2. The summed E-state index contributed by atoms with van der Waals surface area (Å²) in [6.07, 6.45) is -0.165. The summed E-state index contributed by atoms with van der Waals surface area (Å²) < 4.78 is 27.6. The van der Waals surface area contributed by atoms with E-state index in [-0.39, 0.29) is 28.4 Å². The monoisotopic (exact) mass is 552 g/mol. The van der Waals surface area contributed by atoms with Crippen LogP contribution in [0.15, 0.2) is 83.8 Å². The average molecular weight is 553 g/mol. The van der Waals surface area contributed by atoms with E-state index in [1.165, 1.54) is 41.6 Å². The third-order valence-corrected chi connectivity index (χ3v) is 9.33. The molecule has 0 amide bonds. The van der Waals surface area contributed by atoms with Crippen LogP contribution in [-0.2, 0) is 16.4 Å². The predicted octanol–water partition coefficient (Wildman–Crippen LogP) is 4.86. The van der Waals surface area contributed by atoms with Crippen molar-refractivity contribution in [3.05, 3.63) is 89.3 Å². The van der Waals surface area contributed by atoms with E-state index in [1.807, 2.05) is 12.1 Å². The Morgan fingerprint density at radius 2 is 1.74 bits per heavy atom. The molecule has 0 fully saturated rings. The van der Waals surface area contributed by atoms with Gasteiger partial charge in [0.15, 0.2) is 0 Å². The van der Waals surface area contributed by atoms with Crippen LogP contribution in [0.1, 0.15) is 29.1 Å². The van der Waals surface area contributed by atoms with E-state index in [2.05, 4.69) is 49.5 Å². The van der Waals surface area contributed by atoms with Gasteiger partial charge in [0.25, 0.3) is 0 Å². The number of hydrogen-bond donors (Lipinski definition) is 3. The maximum absolute atomic E-state index is 13.2. The fourth-order valence-corrected chi connectivity index (χ4v) is 6.47. The number of carboxylic acids is 1. The molecular weight excluding hydrogens is 520 g/mol. The Morgan fingerprint density at radius 1 is 1.00 bits per heavy atom. The molecule has 4 aromatic rings. The van der Waals surface area contributed by atoms with Gasteiger partial charge in [-0.05, 0) is 66.4 Å². The highest BCUT2D eigenvalue weighted by Crippen LogP contribution is 2.30. The number of thiophene rings is 1. The minimum Gasteiger partial charge on any atom is -0.477 e. The van der Waals surface area contributed by atoms with Crippen LogP contribution in [0.4, 0.5) is 0 Å². The van der Waals surface area contributed by atoms with Crippen LogP contribution in [0.3, 0.4) is 0 Å². The summed E-state index contributed by atoms with van der Waals surface area (Å²) >= 11 is 1.09. The number of nitrogens with one attached hydrogen (secondary N) is 1. The molecule has 0 bridgehead atoms. The summed E-state index contributed by atoms with van der Waals surface area (Å²) in [5.74, 6) is -1.02. The maximum Gasteiger partial charge on any atom is 0.345 e. The Balaban J connectivity index is 1.37. The lowest BCUT2D eigenvalue weighted by atomic mass is 9.93. The summed E-state index contributed by atoms with van der Waals surface area (Å²) in [7, 11) is -2.42. The molecule has 1 atom stereocenters. The third kappa shape index (κ3) is 6.67. The minimum atomic E-state index is -3.86. The molecule has 0 unspecified atom stereocenters. The first-order valence-electron chi connectivity index (χ1n) is 12.3. The summed E-state index contributed by atoms with van der Waals surface area (Å²) in [6.45, 7) is 4.27. The number of sulfonamides is 1. The molecule has 7 nitrogen and oxygen atoms in total. The Bertz CT molecular complexity index is 1550. The highest BCUT2D eigenvalue weighted by atomic mass is 32.2. The number of aliphatic hydroxyl groups excluding tert-OH is 1. The first-order chi connectivity index (χ1) is 17.9. The first kappa shape index (κ1) is 27.9. The summed E-state index contributed by atoms with van der Waals surface area (Å²) in [4.78, 5) is 12.1. The second-order valence-corrected chi connectivity index (χ2v) is 13.2. The Hall–Kier alpha value is -3.08. The first-order valence-corrected chi connectivity index (χ1v) is 14.5. The summed E-state index contributed by atoms with van der Waals surface area (Å²) in [5, 5.41) is 25.6. The Kier molecular flexibility index (Phi) is 8.34. The molecule has 0 radical (unpaired) electrons. The number of rotatable bonds is 11. The van der Waals surface area contributed by atoms with Crippen molar-refractivity contribution in [2.75, 3.05) is 20.1 Å². The van der Waals surface area contributed by atoms with Crippen LogP contribution in [0.25, 0.3) is 21.2 Å². The number of nitrogens with zero attached hydrogens (tertiary/aromatic N) is 1. The predicted molar refractivity (Wildman–Crippen MR) is 152 cm³/mol. The van der Waals surface area contributed by atoms with Gasteiger partial charge in [-0.3, -0.25) is 0 Å². The summed E-state index contributed by atoms with van der Waals surface area (Å²) in [6, 6.07) is 24.1. The average Bonchev–Trinajstić information content (AvgIpc) is 3.38. The molecule has 0 aliphatic carbocycles. The van der Waals surface area contributed by atoms with Gasteiger partial charge in [-0.2, -0.15) is 4.31 Å². The van der Waals surface area contributed by atoms with Gasteiger partial charge >= 0.3 is 5.97 Å². The van der Waals surface area contributed by atoms with Crippen LogP contribution in [-0.4, -0.2) is 60.7 Å². The van der Waals surface area contributed by atoms with Crippen molar-refractivity contribution in [2.45, 2.75) is 36.8 Å². The number of carboxylic acid groups (broad SMARTS) is 1. The number of fused-ring (bicyclic) bond motifs is 1. The Labute approximate surface area is 227 Å². The van der Waals surface area contributed by atoms with E-state index < -0.39 is 22.1 Å². The van der Waals surface area contributed by atoms with Gasteiger partial charge in [-0.15, -0.1) is 11.3 Å². The number of β-amino-alcohol motifs (C(OH)–C–C–N with tert-alkyl or cyclic N) is 1. The topological polar surface area (TPSA) is 107 Å². The SMILES string of the molecule is CN(C[C@H](O)CNC(C)(C)Cc1ccc2ccccc2c1)S(=O)(=O)c1cccc(-c2ccc(C(=O)O)s2)c1. The van der Waals surface area contributed by atoms with Gasteiger partial charge < -0.3 is 15.5 Å². The zero-order chi connectivity index (χ0) is 27.5. The molecule has 0 spiro atoms. The van der Waals surface area contributed by atoms with Crippen molar-refractivity contribution in [3.63, 3.8) is 0 Å². The van der Waals surface area contributed by atoms with Crippen molar-refractivity contribution in [1.82, 2.24) is 9.62 Å². The second-order valence-electron chi connectivity index (χ2n) is 10.1. The van der Waals surface area contributed by atoms with Crippen LogP contribution in [0.2, 0.25) is 0 Å². The molecule has 3 aromatic carbocycles. The molecule has 38 heavy (non-hydrogen) atoms. The maximum atomic E-state index is 13.2. The standard InChI is InChI=1S/C29H32N2O5S2/c1-29(2,17-20-11-12-21-7-4-5-8-22(21)15-20)30-18-24(32)19-31(3)38(35,36)25-10-6-9-23(16-25)26-13-14-27(37-26)28(33)34/h4-16,24,30,32H,17-19H2,1-3H3,(H,33,34)/t24-/m1/s1. The van der Waals surface area contributed by atoms with E-state index in [0.717, 1.165) is 22.1 Å². The lowest BCUT2D eigenvalue weighted by Crippen LogP contribution is -2.47. The zero-order valence-electron chi connectivity index (χ0n) is 21.6. The number of aliphatic hydroxyl groups is 1. The van der Waals surface area contributed by atoms with Crippen molar-refractivity contribution in [2.24, 2.45) is 0 Å². The zero-order valence-corrected chi connectivity index (χ0v) is 23.2. The molecule has 200 valence electrons. The number of likely N-dealkylation sites (N-methyl/N-ethyl adjacent to an activating group) is 1. The van der Waals surface area contributed by atoms with Crippen LogP contribution in [0.5, 0.6) is 0 Å². The van der Waals surface area contributed by atoms with Gasteiger partial charge in [0.1, 0.15) is 4.88 Å². The molecule has 0 aliphatic rings. The number of benzene rings is 3. The largest absolute Gasteiger partial charge is 0.477 e. The lowest BCUT2D eigenvalue weighted by molar-refractivity contribution is 0.0702. The fourth-order valence-electron chi connectivity index (χ4n) is 4.37. The molecular formula is C29H32N2O5S2. The Morgan fingerprint density at radius 3 is 2.45 bits per heavy atom. The lowest BCUT2D eigenvalue weighted by Gasteiger charge is -2.29. The van der Waals surface area contributed by atoms with Gasteiger partial charge in [0.05, 0.1) is 11.0 Å². The smallest absolute Gasteiger partial charge is 0.345 e. The van der Waals surface area contributed by atoms with Gasteiger partial charge in [0, 0.05) is 30.6 Å².